The second kappa shape index (κ2) is 11.3. The maximum absolute atomic E-state index is 10.6. The minimum absolute atomic E-state index is 0.505. The zero-order valence-corrected chi connectivity index (χ0v) is 20.2. The first-order valence-electron chi connectivity index (χ1n) is 10.1. The van der Waals surface area contributed by atoms with E-state index in [9.17, 15) is 4.79 Å². The van der Waals surface area contributed by atoms with Crippen molar-refractivity contribution in [2.24, 2.45) is 0 Å². The number of rotatable bonds is 14. The van der Waals surface area contributed by atoms with E-state index in [1.807, 2.05) is 17.5 Å². The third kappa shape index (κ3) is 5.98. The molecule has 0 atom stereocenters. The van der Waals surface area contributed by atoms with Gasteiger partial charge in [-0.3, -0.25) is 0 Å². The molecule has 0 saturated carbocycles. The van der Waals surface area contributed by atoms with Crippen LogP contribution in [0, 0.1) is 0 Å². The van der Waals surface area contributed by atoms with Crippen LogP contribution in [0.25, 0.3) is 4.83 Å². The molecule has 0 aliphatic heterocycles. The van der Waals surface area contributed by atoms with Crippen molar-refractivity contribution in [2.75, 3.05) is 0 Å². The first-order valence-corrected chi connectivity index (χ1v) is 13.8. The number of amides is 1. The van der Waals surface area contributed by atoms with E-state index in [2.05, 4.69) is 41.7 Å². The molecule has 6 heteroatoms. The van der Waals surface area contributed by atoms with E-state index in [-0.39, 0.29) is 0 Å². The SMILES string of the molecule is CCCC[C](CCCC)(CCCC)[Sn][c]1cn2c(CNC=O)ncc2s1. The van der Waals surface area contributed by atoms with Gasteiger partial charge in [0.05, 0.1) is 0 Å². The molecular weight excluding hydrogens is 449 g/mol. The monoisotopic (exact) mass is 483 g/mol. The zero-order valence-electron chi connectivity index (χ0n) is 16.5. The summed E-state index contributed by atoms with van der Waals surface area (Å²) in [5.41, 5.74) is 0. The van der Waals surface area contributed by atoms with Gasteiger partial charge in [0, 0.05) is 0 Å². The number of aromatic nitrogens is 2. The summed E-state index contributed by atoms with van der Waals surface area (Å²) < 4.78 is 4.44. The Labute approximate surface area is 172 Å². The van der Waals surface area contributed by atoms with E-state index in [1.165, 1.54) is 62.6 Å². The molecule has 26 heavy (non-hydrogen) atoms. The first kappa shape index (κ1) is 21.7. The van der Waals surface area contributed by atoms with Crippen LogP contribution >= 0.6 is 11.3 Å². The number of hydrogen-bond donors (Lipinski definition) is 1. The molecule has 2 radical (unpaired) electrons. The van der Waals surface area contributed by atoms with E-state index in [0.717, 1.165) is 12.2 Å². The summed E-state index contributed by atoms with van der Waals surface area (Å²) in [6, 6.07) is 0. The second-order valence-electron chi connectivity index (χ2n) is 7.19. The molecule has 4 nitrogen and oxygen atoms in total. The van der Waals surface area contributed by atoms with Crippen molar-refractivity contribution in [1.29, 1.82) is 0 Å². The van der Waals surface area contributed by atoms with Crippen LogP contribution in [0.4, 0.5) is 0 Å². The summed E-state index contributed by atoms with van der Waals surface area (Å²) in [5, 5.41) is 2.74. The van der Waals surface area contributed by atoms with Gasteiger partial charge in [-0.1, -0.05) is 0 Å². The van der Waals surface area contributed by atoms with Crippen molar-refractivity contribution in [3.8, 4) is 0 Å². The molecule has 0 aliphatic carbocycles. The van der Waals surface area contributed by atoms with Crippen molar-refractivity contribution in [1.82, 2.24) is 14.7 Å². The molecule has 144 valence electrons. The van der Waals surface area contributed by atoms with Crippen molar-refractivity contribution in [2.45, 2.75) is 88.5 Å². The predicted octanol–water partition coefficient (Wildman–Crippen LogP) is 4.70. The maximum atomic E-state index is 10.6. The number of nitrogens with one attached hydrogen (secondary N) is 1. The van der Waals surface area contributed by atoms with Gasteiger partial charge in [-0.15, -0.1) is 0 Å². The van der Waals surface area contributed by atoms with Crippen LogP contribution in [0.15, 0.2) is 12.4 Å². The fourth-order valence-corrected chi connectivity index (χ4v) is 11.8. The minimum atomic E-state index is -0.693. The van der Waals surface area contributed by atoms with E-state index in [4.69, 9.17) is 0 Å². The van der Waals surface area contributed by atoms with Crippen LogP contribution < -0.4 is 8.21 Å². The summed E-state index contributed by atoms with van der Waals surface area (Å²) in [5.74, 6) is 0.940. The number of imidazole rings is 1. The van der Waals surface area contributed by atoms with Crippen LogP contribution in [0.3, 0.4) is 0 Å². The van der Waals surface area contributed by atoms with E-state index >= 15 is 0 Å². The van der Waals surface area contributed by atoms with Crippen LogP contribution in [-0.4, -0.2) is 36.9 Å². The summed E-state index contributed by atoms with van der Waals surface area (Å²) in [4.78, 5) is 16.3. The fraction of sp³-hybridized carbons (Fsp3) is 0.700. The van der Waals surface area contributed by atoms with Gasteiger partial charge in [-0.25, -0.2) is 0 Å². The third-order valence-corrected chi connectivity index (χ3v) is 12.2. The molecule has 2 aromatic rings. The van der Waals surface area contributed by atoms with Crippen LogP contribution in [0.1, 0.15) is 84.4 Å². The van der Waals surface area contributed by atoms with Crippen molar-refractivity contribution >= 4 is 46.6 Å². The fourth-order valence-electron chi connectivity index (χ4n) is 3.54. The number of thiazole rings is 1. The quantitative estimate of drug-likeness (QED) is 0.314. The molecule has 1 N–H and O–H groups in total. The Kier molecular flexibility index (Phi) is 9.46. The average molecular weight is 482 g/mol. The Morgan fingerprint density at radius 3 is 2.31 bits per heavy atom. The average Bonchev–Trinajstić information content (AvgIpc) is 3.21. The van der Waals surface area contributed by atoms with Gasteiger partial charge in [-0.05, 0) is 0 Å². The number of nitrogens with zero attached hydrogens (tertiary/aromatic N) is 2. The molecule has 2 heterocycles. The summed E-state index contributed by atoms with van der Waals surface area (Å²) in [6.07, 6.45) is 17.3. The molecule has 2 aromatic heterocycles. The van der Waals surface area contributed by atoms with Crippen molar-refractivity contribution in [3.05, 3.63) is 18.2 Å². The van der Waals surface area contributed by atoms with Crippen molar-refractivity contribution < 1.29 is 4.79 Å². The Balaban J connectivity index is 2.22. The Hall–Kier alpha value is -0.561. The normalized spacial score (nSPS) is 12.0. The van der Waals surface area contributed by atoms with E-state index < -0.39 is 21.1 Å². The predicted molar refractivity (Wildman–Crippen MR) is 113 cm³/mol. The third-order valence-electron chi connectivity index (χ3n) is 5.06. The molecule has 0 spiro atoms. The summed E-state index contributed by atoms with van der Waals surface area (Å²) in [7, 11) is 0. The van der Waals surface area contributed by atoms with Gasteiger partial charge in [-0.2, -0.15) is 0 Å². The molecule has 0 saturated heterocycles. The first-order chi connectivity index (χ1) is 12.7. The van der Waals surface area contributed by atoms with Gasteiger partial charge in [0.1, 0.15) is 0 Å². The van der Waals surface area contributed by atoms with E-state index in [0.29, 0.717) is 9.98 Å². The second-order valence-corrected chi connectivity index (χ2v) is 14.6. The number of fused-ring (bicyclic) bond motifs is 1. The molecule has 1 amide bonds. The number of carbonyl (C=O) groups excluding carboxylic acids is 1. The van der Waals surface area contributed by atoms with Gasteiger partial charge in [0.15, 0.2) is 0 Å². The van der Waals surface area contributed by atoms with Crippen molar-refractivity contribution in [3.63, 3.8) is 0 Å². The Bertz CT molecular complexity index is 645. The van der Waals surface area contributed by atoms with Crippen LogP contribution in [0.2, 0.25) is 3.43 Å². The molecule has 0 aliphatic rings. The summed E-state index contributed by atoms with van der Waals surface area (Å²) >= 11 is 1.25. The van der Waals surface area contributed by atoms with Gasteiger partial charge >= 0.3 is 173 Å². The molecule has 0 aromatic carbocycles. The Morgan fingerprint density at radius 1 is 1.15 bits per heavy atom. The molecular formula is C20H33N3OSSn. The number of hydrogen-bond acceptors (Lipinski definition) is 3. The van der Waals surface area contributed by atoms with Crippen LogP contribution in [-0.2, 0) is 11.3 Å². The molecule has 0 bridgehead atoms. The van der Waals surface area contributed by atoms with Crippen LogP contribution in [0.5, 0.6) is 0 Å². The molecule has 0 unspecified atom stereocenters. The topological polar surface area (TPSA) is 46.4 Å². The van der Waals surface area contributed by atoms with Gasteiger partial charge in [0.2, 0.25) is 0 Å². The number of carbonyl (C=O) groups is 1. The van der Waals surface area contributed by atoms with Gasteiger partial charge in [0.25, 0.3) is 0 Å². The number of unbranched alkanes of at least 4 members (excludes halogenated alkanes) is 3. The molecule has 0 fully saturated rings. The van der Waals surface area contributed by atoms with Gasteiger partial charge < -0.3 is 0 Å². The summed E-state index contributed by atoms with van der Waals surface area (Å²) in [6.45, 7) is 7.47. The van der Waals surface area contributed by atoms with E-state index in [1.54, 1.807) is 2.89 Å². The molecule has 2 rings (SSSR count). The standard InChI is InChI=1S/C13H27.C7H6N3OS.Sn/c1-4-7-10-13(11-8-5-2)12-9-6-3;11-5-8-3-6-9-4-7-10(6)1-2-12-7;/h4-12H2,1-3H3;1,4-5H,3H2,(H,8,11);. The Morgan fingerprint density at radius 2 is 1.77 bits per heavy atom. The zero-order chi connectivity index (χ0) is 18.8.